The second-order valence-corrected chi connectivity index (χ2v) is 3.75. The van der Waals surface area contributed by atoms with Gasteiger partial charge in [-0.3, -0.25) is 4.79 Å². The zero-order valence-corrected chi connectivity index (χ0v) is 10.0. The maximum absolute atomic E-state index is 11.6. The third kappa shape index (κ3) is 3.31. The van der Waals surface area contributed by atoms with Crippen molar-refractivity contribution in [2.75, 3.05) is 6.61 Å². The summed E-state index contributed by atoms with van der Waals surface area (Å²) in [5, 5.41) is 9.76. The Morgan fingerprint density at radius 2 is 1.94 bits per heavy atom. The normalized spacial score (nSPS) is 10.0. The summed E-state index contributed by atoms with van der Waals surface area (Å²) in [6.45, 7) is 3.64. The first-order chi connectivity index (χ1) is 8.07. The quantitative estimate of drug-likeness (QED) is 0.485. The van der Waals surface area contributed by atoms with Gasteiger partial charge in [0.2, 0.25) is 0 Å². The molecule has 0 aliphatic rings. The number of Topliss-reactive ketones (excluding diaryl/α,β-unsaturated/α-hetero) is 1. The maximum atomic E-state index is 11.6. The highest BCUT2D eigenvalue weighted by Gasteiger charge is 2.17. The van der Waals surface area contributed by atoms with Crippen molar-refractivity contribution in [2.24, 2.45) is 0 Å². The fourth-order valence-electron chi connectivity index (χ4n) is 1.38. The summed E-state index contributed by atoms with van der Waals surface area (Å²) in [5.41, 5.74) is 0.170. The van der Waals surface area contributed by atoms with E-state index in [4.69, 9.17) is 4.74 Å². The molecular weight excluding hydrogens is 220 g/mol. The summed E-state index contributed by atoms with van der Waals surface area (Å²) in [6.07, 6.45) is 1.70. The molecule has 0 aromatic heterocycles. The standard InChI is InChI=1S/C13H16O4/c1-3-4-8-17-13(16)11-7-5-6-10(9(2)14)12(11)15/h5-7,15H,3-4,8H2,1-2H3. The number of ketones is 1. The smallest absolute Gasteiger partial charge is 0.341 e. The Hall–Kier alpha value is -1.84. The summed E-state index contributed by atoms with van der Waals surface area (Å²) >= 11 is 0. The number of para-hydroxylation sites is 1. The number of carbonyl (C=O) groups is 2. The second-order valence-electron chi connectivity index (χ2n) is 3.75. The van der Waals surface area contributed by atoms with Gasteiger partial charge in [0.15, 0.2) is 5.78 Å². The maximum Gasteiger partial charge on any atom is 0.341 e. The fourth-order valence-corrected chi connectivity index (χ4v) is 1.38. The minimum atomic E-state index is -0.598. The Morgan fingerprint density at radius 1 is 1.29 bits per heavy atom. The van der Waals surface area contributed by atoms with Gasteiger partial charge in [0.05, 0.1) is 12.2 Å². The summed E-state index contributed by atoms with van der Waals surface area (Å²) in [5.74, 6) is -1.19. The molecule has 0 atom stereocenters. The topological polar surface area (TPSA) is 63.6 Å². The number of carbonyl (C=O) groups excluding carboxylic acids is 2. The van der Waals surface area contributed by atoms with Gasteiger partial charge in [0.1, 0.15) is 11.3 Å². The molecule has 4 nitrogen and oxygen atoms in total. The van der Waals surface area contributed by atoms with Crippen molar-refractivity contribution in [1.29, 1.82) is 0 Å². The molecule has 4 heteroatoms. The van der Waals surface area contributed by atoms with Gasteiger partial charge in [0.25, 0.3) is 0 Å². The van der Waals surface area contributed by atoms with Crippen molar-refractivity contribution in [3.8, 4) is 5.75 Å². The number of ether oxygens (including phenoxy) is 1. The molecule has 0 heterocycles. The van der Waals surface area contributed by atoms with E-state index in [1.165, 1.54) is 19.1 Å². The first-order valence-electron chi connectivity index (χ1n) is 5.58. The van der Waals surface area contributed by atoms with Crippen molar-refractivity contribution in [1.82, 2.24) is 0 Å². The van der Waals surface area contributed by atoms with Crippen LogP contribution in [0.5, 0.6) is 5.75 Å². The highest BCUT2D eigenvalue weighted by Crippen LogP contribution is 2.23. The third-order valence-corrected chi connectivity index (χ3v) is 2.37. The van der Waals surface area contributed by atoms with E-state index < -0.39 is 5.97 Å². The molecule has 17 heavy (non-hydrogen) atoms. The van der Waals surface area contributed by atoms with Gasteiger partial charge >= 0.3 is 5.97 Å². The van der Waals surface area contributed by atoms with E-state index in [2.05, 4.69) is 0 Å². The SMILES string of the molecule is CCCCOC(=O)c1cccc(C(C)=O)c1O. The van der Waals surface area contributed by atoms with Crippen LogP contribution in [-0.4, -0.2) is 23.5 Å². The molecular formula is C13H16O4. The van der Waals surface area contributed by atoms with Gasteiger partial charge in [-0.1, -0.05) is 19.4 Å². The van der Waals surface area contributed by atoms with Crippen molar-refractivity contribution in [3.05, 3.63) is 29.3 Å². The molecule has 0 bridgehead atoms. The summed E-state index contributed by atoms with van der Waals surface area (Å²) in [6, 6.07) is 4.46. The van der Waals surface area contributed by atoms with Crippen LogP contribution in [0.1, 0.15) is 47.4 Å². The monoisotopic (exact) mass is 236 g/mol. The number of hydrogen-bond donors (Lipinski definition) is 1. The van der Waals surface area contributed by atoms with Crippen LogP contribution < -0.4 is 0 Å². The molecule has 92 valence electrons. The molecule has 0 saturated carbocycles. The van der Waals surface area contributed by atoms with Crippen LogP contribution in [0.2, 0.25) is 0 Å². The number of phenols is 1. The molecule has 0 aliphatic heterocycles. The molecule has 0 unspecified atom stereocenters. The van der Waals surface area contributed by atoms with Gasteiger partial charge in [0, 0.05) is 0 Å². The van der Waals surface area contributed by atoms with Gasteiger partial charge in [-0.15, -0.1) is 0 Å². The highest BCUT2D eigenvalue weighted by atomic mass is 16.5. The summed E-state index contributed by atoms with van der Waals surface area (Å²) < 4.78 is 4.97. The second kappa shape index (κ2) is 6.03. The van der Waals surface area contributed by atoms with Crippen LogP contribution in [0.25, 0.3) is 0 Å². The van der Waals surface area contributed by atoms with Gasteiger partial charge < -0.3 is 9.84 Å². The lowest BCUT2D eigenvalue weighted by Gasteiger charge is -2.07. The number of benzene rings is 1. The number of aromatic hydroxyl groups is 1. The number of rotatable bonds is 5. The molecule has 0 aliphatic carbocycles. The lowest BCUT2D eigenvalue weighted by molar-refractivity contribution is 0.0496. The molecule has 0 spiro atoms. The highest BCUT2D eigenvalue weighted by molar-refractivity contribution is 6.02. The van der Waals surface area contributed by atoms with E-state index in [1.54, 1.807) is 6.07 Å². The Balaban J connectivity index is 2.87. The third-order valence-electron chi connectivity index (χ3n) is 2.37. The van der Waals surface area contributed by atoms with Crippen molar-refractivity contribution in [3.63, 3.8) is 0 Å². The fraction of sp³-hybridized carbons (Fsp3) is 0.385. The molecule has 1 aromatic rings. The average Bonchev–Trinajstić information content (AvgIpc) is 2.29. The minimum absolute atomic E-state index is 0.0359. The largest absolute Gasteiger partial charge is 0.506 e. The van der Waals surface area contributed by atoms with Gasteiger partial charge in [-0.25, -0.2) is 4.79 Å². The molecule has 0 fully saturated rings. The van der Waals surface area contributed by atoms with E-state index in [0.29, 0.717) is 6.61 Å². The first kappa shape index (κ1) is 13.2. The van der Waals surface area contributed by atoms with E-state index >= 15 is 0 Å². The van der Waals surface area contributed by atoms with E-state index in [0.717, 1.165) is 12.8 Å². The first-order valence-corrected chi connectivity index (χ1v) is 5.58. The number of phenolic OH excluding ortho intramolecular Hbond substituents is 1. The summed E-state index contributed by atoms with van der Waals surface area (Å²) in [4.78, 5) is 22.8. The van der Waals surface area contributed by atoms with Crippen LogP contribution in [0, 0.1) is 0 Å². The zero-order chi connectivity index (χ0) is 12.8. The Kier molecular flexibility index (Phi) is 4.69. The Morgan fingerprint density at radius 3 is 2.53 bits per heavy atom. The van der Waals surface area contributed by atoms with Crippen LogP contribution in [-0.2, 0) is 4.74 Å². The van der Waals surface area contributed by atoms with Crippen molar-refractivity contribution in [2.45, 2.75) is 26.7 Å². The van der Waals surface area contributed by atoms with Gasteiger partial charge in [-0.05, 0) is 25.5 Å². The molecule has 1 aromatic carbocycles. The zero-order valence-electron chi connectivity index (χ0n) is 10.0. The van der Waals surface area contributed by atoms with Crippen LogP contribution in [0.3, 0.4) is 0 Å². The van der Waals surface area contributed by atoms with Crippen molar-refractivity contribution < 1.29 is 19.4 Å². The molecule has 1 rings (SSSR count). The molecule has 0 radical (unpaired) electrons. The predicted molar refractivity (Wildman–Crippen MR) is 63.3 cm³/mol. The number of unbranched alkanes of at least 4 members (excludes halogenated alkanes) is 1. The van der Waals surface area contributed by atoms with E-state index in [1.807, 2.05) is 6.92 Å². The van der Waals surface area contributed by atoms with Gasteiger partial charge in [-0.2, -0.15) is 0 Å². The molecule has 0 saturated heterocycles. The minimum Gasteiger partial charge on any atom is -0.506 e. The van der Waals surface area contributed by atoms with Crippen LogP contribution >= 0.6 is 0 Å². The van der Waals surface area contributed by atoms with Crippen LogP contribution in [0.4, 0.5) is 0 Å². The molecule has 1 N–H and O–H groups in total. The van der Waals surface area contributed by atoms with Crippen LogP contribution in [0.15, 0.2) is 18.2 Å². The van der Waals surface area contributed by atoms with E-state index in [-0.39, 0.29) is 22.7 Å². The lowest BCUT2D eigenvalue weighted by Crippen LogP contribution is -2.08. The van der Waals surface area contributed by atoms with Crippen molar-refractivity contribution >= 4 is 11.8 Å². The summed E-state index contributed by atoms with van der Waals surface area (Å²) in [7, 11) is 0. The van der Waals surface area contributed by atoms with E-state index in [9.17, 15) is 14.7 Å². The lowest BCUT2D eigenvalue weighted by atomic mass is 10.1. The molecule has 0 amide bonds. The number of hydrogen-bond acceptors (Lipinski definition) is 4. The average molecular weight is 236 g/mol. The number of esters is 1. The Bertz CT molecular complexity index is 423. The predicted octanol–water partition coefficient (Wildman–Crippen LogP) is 2.55. The Labute approximate surface area is 100 Å².